The second-order valence-electron chi connectivity index (χ2n) is 11.8. The summed E-state index contributed by atoms with van der Waals surface area (Å²) in [6.45, 7) is 11.8. The van der Waals surface area contributed by atoms with E-state index in [0.717, 1.165) is 32.1 Å². The molecule has 4 rings (SSSR count). The van der Waals surface area contributed by atoms with Crippen molar-refractivity contribution in [1.29, 1.82) is 0 Å². The Labute approximate surface area is 189 Å². The van der Waals surface area contributed by atoms with E-state index in [4.69, 9.17) is 20.9 Å². The molecule has 0 heterocycles. The molecule has 5 nitrogen and oxygen atoms in total. The molecule has 4 aliphatic rings. The number of hydrogen-bond acceptors (Lipinski definition) is 5. The molecular formula is C26H46N2O3. The van der Waals surface area contributed by atoms with Crippen LogP contribution >= 0.6 is 0 Å². The van der Waals surface area contributed by atoms with Crippen LogP contribution in [0.3, 0.4) is 0 Å². The molecule has 0 bridgehead atoms. The number of rotatable bonds is 7. The van der Waals surface area contributed by atoms with Gasteiger partial charge in [0.05, 0.1) is 25.4 Å². The van der Waals surface area contributed by atoms with Crippen LogP contribution in [0.25, 0.3) is 0 Å². The highest BCUT2D eigenvalue weighted by Crippen LogP contribution is 2.67. The predicted octanol–water partition coefficient (Wildman–Crippen LogP) is 3.78. The van der Waals surface area contributed by atoms with Crippen molar-refractivity contribution in [2.75, 3.05) is 26.3 Å². The van der Waals surface area contributed by atoms with E-state index < -0.39 is 0 Å². The maximum Gasteiger partial charge on any atom is 0.139 e. The highest BCUT2D eigenvalue weighted by molar-refractivity contribution is 5.87. The minimum atomic E-state index is -0.176. The third-order valence-corrected chi connectivity index (χ3v) is 10.3. The number of carbonyl (C=O) groups is 1. The molecule has 0 aromatic carbocycles. The second-order valence-corrected chi connectivity index (χ2v) is 11.8. The van der Waals surface area contributed by atoms with Crippen LogP contribution in [0, 0.1) is 46.3 Å². The van der Waals surface area contributed by atoms with E-state index in [1.807, 2.05) is 0 Å². The van der Waals surface area contributed by atoms with Crippen molar-refractivity contribution in [1.82, 2.24) is 0 Å². The molecule has 0 spiro atoms. The second kappa shape index (κ2) is 9.04. The zero-order valence-corrected chi connectivity index (χ0v) is 20.3. The van der Waals surface area contributed by atoms with Gasteiger partial charge in [0.25, 0.3) is 0 Å². The van der Waals surface area contributed by atoms with E-state index in [9.17, 15) is 4.79 Å². The van der Waals surface area contributed by atoms with Crippen molar-refractivity contribution in [2.24, 2.45) is 57.8 Å². The summed E-state index contributed by atoms with van der Waals surface area (Å²) < 4.78 is 12.6. The Hall–Kier alpha value is -0.490. The summed E-state index contributed by atoms with van der Waals surface area (Å²) in [4.78, 5) is 13.8. The molecule has 4 aliphatic carbocycles. The van der Waals surface area contributed by atoms with Gasteiger partial charge in [0.15, 0.2) is 0 Å². The fourth-order valence-electron chi connectivity index (χ4n) is 8.75. The highest BCUT2D eigenvalue weighted by Gasteiger charge is 2.66. The van der Waals surface area contributed by atoms with E-state index in [1.165, 1.54) is 12.8 Å². The van der Waals surface area contributed by atoms with E-state index in [2.05, 4.69) is 27.7 Å². The average molecular weight is 435 g/mol. The molecule has 0 aromatic rings. The molecule has 0 aliphatic heterocycles. The zero-order valence-electron chi connectivity index (χ0n) is 20.3. The number of hydrogen-bond donors (Lipinski definition) is 2. The summed E-state index contributed by atoms with van der Waals surface area (Å²) in [5.74, 6) is 3.52. The lowest BCUT2D eigenvalue weighted by Gasteiger charge is -2.62. The maximum atomic E-state index is 13.8. The van der Waals surface area contributed by atoms with Crippen LogP contribution in [0.4, 0.5) is 0 Å². The molecule has 4 fully saturated rings. The molecular weight excluding hydrogens is 388 g/mol. The first-order valence-electron chi connectivity index (χ1n) is 12.9. The summed E-state index contributed by atoms with van der Waals surface area (Å²) >= 11 is 0. The number of ketones is 1. The normalized spacial score (nSPS) is 47.2. The minimum Gasteiger partial charge on any atom is -0.377 e. The van der Waals surface area contributed by atoms with Crippen LogP contribution in [-0.4, -0.2) is 44.3 Å². The van der Waals surface area contributed by atoms with Gasteiger partial charge in [-0.1, -0.05) is 27.7 Å². The van der Waals surface area contributed by atoms with Crippen molar-refractivity contribution >= 4 is 5.78 Å². The fourth-order valence-corrected chi connectivity index (χ4v) is 8.75. The fraction of sp³-hybridized carbons (Fsp3) is 0.962. The largest absolute Gasteiger partial charge is 0.377 e. The Morgan fingerprint density at radius 1 is 1.00 bits per heavy atom. The molecule has 31 heavy (non-hydrogen) atoms. The molecule has 0 aromatic heterocycles. The lowest BCUT2D eigenvalue weighted by molar-refractivity contribution is -0.192. The molecule has 0 radical (unpaired) electrons. The SMILES string of the molecule is CC(C)[C@H]1CC[C@H]2C3C(OCCN)CC4C[C@H](OCCN)CC[C@]4(C)[C@H]3CC(=O)[C@]12C. The van der Waals surface area contributed by atoms with Gasteiger partial charge in [-0.05, 0) is 79.4 Å². The Morgan fingerprint density at radius 3 is 2.39 bits per heavy atom. The van der Waals surface area contributed by atoms with E-state index in [1.54, 1.807) is 0 Å². The molecule has 9 atom stereocenters. The smallest absolute Gasteiger partial charge is 0.139 e. The van der Waals surface area contributed by atoms with Crippen LogP contribution in [0.1, 0.15) is 72.6 Å². The van der Waals surface area contributed by atoms with Gasteiger partial charge >= 0.3 is 0 Å². The van der Waals surface area contributed by atoms with Gasteiger partial charge in [-0.15, -0.1) is 0 Å². The Morgan fingerprint density at radius 2 is 1.71 bits per heavy atom. The lowest BCUT2D eigenvalue weighted by Crippen LogP contribution is -2.61. The first-order valence-corrected chi connectivity index (χ1v) is 12.9. The lowest BCUT2D eigenvalue weighted by atomic mass is 9.43. The molecule has 4 saturated carbocycles. The molecule has 4 N–H and O–H groups in total. The molecule has 0 amide bonds. The predicted molar refractivity (Wildman–Crippen MR) is 123 cm³/mol. The minimum absolute atomic E-state index is 0.176. The van der Waals surface area contributed by atoms with Gasteiger partial charge in [-0.3, -0.25) is 4.79 Å². The quantitative estimate of drug-likeness (QED) is 0.637. The zero-order chi connectivity index (χ0) is 22.4. The van der Waals surface area contributed by atoms with Crippen LogP contribution in [0.5, 0.6) is 0 Å². The van der Waals surface area contributed by atoms with Crippen LogP contribution in [-0.2, 0) is 14.3 Å². The molecule has 3 unspecified atom stereocenters. The molecule has 0 saturated heterocycles. The van der Waals surface area contributed by atoms with Gasteiger partial charge < -0.3 is 20.9 Å². The monoisotopic (exact) mass is 434 g/mol. The number of fused-ring (bicyclic) bond motifs is 5. The van der Waals surface area contributed by atoms with E-state index in [-0.39, 0.29) is 16.9 Å². The third kappa shape index (κ3) is 3.82. The van der Waals surface area contributed by atoms with E-state index in [0.29, 0.717) is 73.7 Å². The summed E-state index contributed by atoms with van der Waals surface area (Å²) in [6, 6.07) is 0. The van der Waals surface area contributed by atoms with Crippen molar-refractivity contribution in [2.45, 2.75) is 84.8 Å². The average Bonchev–Trinajstić information content (AvgIpc) is 3.10. The topological polar surface area (TPSA) is 87.6 Å². The van der Waals surface area contributed by atoms with Crippen LogP contribution in [0.15, 0.2) is 0 Å². The first-order chi connectivity index (χ1) is 14.8. The Bertz CT molecular complexity index is 655. The van der Waals surface area contributed by atoms with Gasteiger partial charge in [-0.2, -0.15) is 0 Å². The summed E-state index contributed by atoms with van der Waals surface area (Å²) in [6.07, 6.45) is 8.05. The van der Waals surface area contributed by atoms with Gasteiger partial charge in [-0.25, -0.2) is 0 Å². The van der Waals surface area contributed by atoms with E-state index >= 15 is 0 Å². The number of nitrogens with two attached hydrogens (primary N) is 2. The van der Waals surface area contributed by atoms with Gasteiger partial charge in [0.1, 0.15) is 5.78 Å². The summed E-state index contributed by atoms with van der Waals surface area (Å²) in [5.41, 5.74) is 11.6. The standard InChI is InChI=1S/C26H46N2O3/c1-16(2)19-5-6-20-24-21(15-23(29)26(19,20)4)25(3)8-7-18(30-11-9-27)13-17(25)14-22(24)31-12-10-28/h16-22,24H,5-15,27-28H2,1-4H3/t17?,18-,19-,20+,21+,22?,24?,25+,26-/m1/s1. The van der Waals surface area contributed by atoms with Crippen molar-refractivity contribution in [3.05, 3.63) is 0 Å². The highest BCUT2D eigenvalue weighted by atomic mass is 16.5. The Kier molecular flexibility index (Phi) is 6.90. The third-order valence-electron chi connectivity index (χ3n) is 10.3. The number of Topliss-reactive ketones (excluding diaryl/α,β-unsaturated/α-hetero) is 1. The van der Waals surface area contributed by atoms with Crippen molar-refractivity contribution in [3.63, 3.8) is 0 Å². The van der Waals surface area contributed by atoms with Crippen molar-refractivity contribution < 1.29 is 14.3 Å². The maximum absolute atomic E-state index is 13.8. The van der Waals surface area contributed by atoms with Gasteiger partial charge in [0.2, 0.25) is 0 Å². The van der Waals surface area contributed by atoms with Crippen LogP contribution < -0.4 is 11.5 Å². The summed E-state index contributed by atoms with van der Waals surface area (Å²) in [5, 5.41) is 0. The Balaban J connectivity index is 1.65. The first kappa shape index (κ1) is 23.7. The number of ether oxygens (including phenoxy) is 2. The molecule has 5 heteroatoms. The molecule has 178 valence electrons. The van der Waals surface area contributed by atoms with Crippen molar-refractivity contribution in [3.8, 4) is 0 Å². The summed E-state index contributed by atoms with van der Waals surface area (Å²) in [7, 11) is 0. The number of carbonyl (C=O) groups excluding carboxylic acids is 1. The van der Waals surface area contributed by atoms with Gasteiger partial charge in [0, 0.05) is 24.9 Å². The van der Waals surface area contributed by atoms with Crippen LogP contribution in [0.2, 0.25) is 0 Å².